The van der Waals surface area contributed by atoms with Crippen molar-refractivity contribution in [3.05, 3.63) is 58.3 Å². The lowest BCUT2D eigenvalue weighted by molar-refractivity contribution is -0.121. The molecule has 0 spiro atoms. The van der Waals surface area contributed by atoms with E-state index in [4.69, 9.17) is 4.74 Å². The molecule has 1 unspecified atom stereocenters. The van der Waals surface area contributed by atoms with Crippen LogP contribution in [-0.4, -0.2) is 43.7 Å². The number of amides is 1. The van der Waals surface area contributed by atoms with Crippen molar-refractivity contribution in [3.8, 4) is 0 Å². The van der Waals surface area contributed by atoms with Gasteiger partial charge in [-0.25, -0.2) is 0 Å². The van der Waals surface area contributed by atoms with Crippen LogP contribution in [-0.2, 0) is 16.0 Å². The van der Waals surface area contributed by atoms with Crippen molar-refractivity contribution in [1.82, 2.24) is 10.2 Å². The Bertz CT molecular complexity index is 624. The van der Waals surface area contributed by atoms with Gasteiger partial charge in [-0.15, -0.1) is 11.3 Å². The highest BCUT2D eigenvalue weighted by Gasteiger charge is 2.22. The SMILES string of the molecule is O=C(CCCc1cccs1)NCC(c1ccccc1)N1CCOCC1. The summed E-state index contributed by atoms with van der Waals surface area (Å²) in [6, 6.07) is 14.8. The van der Waals surface area contributed by atoms with Crippen molar-refractivity contribution in [1.29, 1.82) is 0 Å². The first-order chi connectivity index (χ1) is 12.3. The van der Waals surface area contributed by atoms with Gasteiger partial charge >= 0.3 is 0 Å². The Morgan fingerprint density at radius 1 is 1.16 bits per heavy atom. The smallest absolute Gasteiger partial charge is 0.220 e. The van der Waals surface area contributed by atoms with Gasteiger partial charge in [0.1, 0.15) is 0 Å². The van der Waals surface area contributed by atoms with Gasteiger partial charge in [0.15, 0.2) is 0 Å². The molecule has 25 heavy (non-hydrogen) atoms. The molecule has 0 saturated carbocycles. The second kappa shape index (κ2) is 9.70. The second-order valence-electron chi connectivity index (χ2n) is 6.31. The minimum atomic E-state index is 0.144. The number of carbonyl (C=O) groups excluding carboxylic acids is 1. The monoisotopic (exact) mass is 358 g/mol. The molecule has 3 rings (SSSR count). The molecule has 1 aromatic carbocycles. The van der Waals surface area contributed by atoms with Crippen LogP contribution in [0.4, 0.5) is 0 Å². The van der Waals surface area contributed by atoms with Gasteiger partial charge in [-0.1, -0.05) is 36.4 Å². The molecule has 1 aliphatic heterocycles. The van der Waals surface area contributed by atoms with E-state index in [1.165, 1.54) is 10.4 Å². The van der Waals surface area contributed by atoms with E-state index in [2.05, 4.69) is 52.0 Å². The molecule has 1 aliphatic rings. The minimum Gasteiger partial charge on any atom is -0.379 e. The average Bonchev–Trinajstić information content (AvgIpc) is 3.17. The molecule has 2 heterocycles. The van der Waals surface area contributed by atoms with Crippen molar-refractivity contribution in [2.75, 3.05) is 32.8 Å². The summed E-state index contributed by atoms with van der Waals surface area (Å²) in [5, 5.41) is 5.23. The lowest BCUT2D eigenvalue weighted by atomic mass is 10.0. The van der Waals surface area contributed by atoms with Crippen molar-refractivity contribution < 1.29 is 9.53 Å². The van der Waals surface area contributed by atoms with Crippen molar-refractivity contribution >= 4 is 17.2 Å². The van der Waals surface area contributed by atoms with E-state index in [-0.39, 0.29) is 11.9 Å². The van der Waals surface area contributed by atoms with Gasteiger partial charge in [0, 0.05) is 30.9 Å². The maximum absolute atomic E-state index is 12.2. The summed E-state index contributed by atoms with van der Waals surface area (Å²) in [5.41, 5.74) is 1.25. The topological polar surface area (TPSA) is 41.6 Å². The van der Waals surface area contributed by atoms with Crippen LogP contribution >= 0.6 is 11.3 Å². The van der Waals surface area contributed by atoms with E-state index >= 15 is 0 Å². The fraction of sp³-hybridized carbons (Fsp3) is 0.450. The van der Waals surface area contributed by atoms with E-state index in [9.17, 15) is 4.79 Å². The number of benzene rings is 1. The molecular weight excluding hydrogens is 332 g/mol. The van der Waals surface area contributed by atoms with Crippen molar-refractivity contribution in [2.24, 2.45) is 0 Å². The summed E-state index contributed by atoms with van der Waals surface area (Å²) in [4.78, 5) is 16.0. The average molecular weight is 359 g/mol. The zero-order valence-electron chi connectivity index (χ0n) is 14.5. The summed E-state index contributed by atoms with van der Waals surface area (Å²) in [6.07, 6.45) is 2.47. The highest BCUT2D eigenvalue weighted by Crippen LogP contribution is 2.21. The minimum absolute atomic E-state index is 0.144. The molecule has 4 nitrogen and oxygen atoms in total. The molecule has 1 saturated heterocycles. The van der Waals surface area contributed by atoms with E-state index in [1.807, 2.05) is 6.07 Å². The van der Waals surface area contributed by atoms with E-state index in [0.29, 0.717) is 13.0 Å². The lowest BCUT2D eigenvalue weighted by Gasteiger charge is -2.35. The van der Waals surface area contributed by atoms with E-state index in [1.54, 1.807) is 11.3 Å². The molecule has 1 fully saturated rings. The number of morpholine rings is 1. The zero-order valence-corrected chi connectivity index (χ0v) is 15.3. The predicted octanol–water partition coefficient (Wildman–Crippen LogP) is 3.26. The number of nitrogens with one attached hydrogen (secondary N) is 1. The fourth-order valence-electron chi connectivity index (χ4n) is 3.20. The first kappa shape index (κ1) is 18.1. The molecule has 0 aliphatic carbocycles. The molecule has 0 bridgehead atoms. The number of aryl methyl sites for hydroxylation is 1. The maximum Gasteiger partial charge on any atom is 0.220 e. The molecule has 1 N–H and O–H groups in total. The van der Waals surface area contributed by atoms with Crippen LogP contribution in [0, 0.1) is 0 Å². The largest absolute Gasteiger partial charge is 0.379 e. The highest BCUT2D eigenvalue weighted by molar-refractivity contribution is 7.09. The molecule has 134 valence electrons. The molecule has 1 amide bonds. The zero-order chi connectivity index (χ0) is 17.3. The van der Waals surface area contributed by atoms with Crippen LogP contribution in [0.25, 0.3) is 0 Å². The highest BCUT2D eigenvalue weighted by atomic mass is 32.1. The number of thiophene rings is 1. The maximum atomic E-state index is 12.2. The Labute approximate surface area is 153 Å². The second-order valence-corrected chi connectivity index (χ2v) is 7.34. The third kappa shape index (κ3) is 5.66. The molecule has 0 radical (unpaired) electrons. The van der Waals surface area contributed by atoms with Gasteiger partial charge < -0.3 is 10.1 Å². The van der Waals surface area contributed by atoms with Crippen LogP contribution in [0.2, 0.25) is 0 Å². The van der Waals surface area contributed by atoms with Gasteiger partial charge in [0.2, 0.25) is 5.91 Å². The number of nitrogens with zero attached hydrogens (tertiary/aromatic N) is 1. The molecular formula is C20H26N2O2S. The number of ether oxygens (including phenoxy) is 1. The van der Waals surface area contributed by atoms with Gasteiger partial charge in [0.25, 0.3) is 0 Å². The quantitative estimate of drug-likeness (QED) is 0.787. The van der Waals surface area contributed by atoms with Crippen molar-refractivity contribution in [2.45, 2.75) is 25.3 Å². The number of hydrogen-bond acceptors (Lipinski definition) is 4. The Morgan fingerprint density at radius 2 is 1.96 bits per heavy atom. The van der Waals surface area contributed by atoms with E-state index < -0.39 is 0 Å². The molecule has 1 aromatic heterocycles. The number of hydrogen-bond donors (Lipinski definition) is 1. The Kier molecular flexibility index (Phi) is 7.03. The lowest BCUT2D eigenvalue weighted by Crippen LogP contribution is -2.43. The first-order valence-corrected chi connectivity index (χ1v) is 9.87. The Morgan fingerprint density at radius 3 is 2.68 bits per heavy atom. The van der Waals surface area contributed by atoms with Crippen LogP contribution in [0.1, 0.15) is 29.3 Å². The van der Waals surface area contributed by atoms with Crippen LogP contribution in [0.3, 0.4) is 0 Å². The summed E-state index contributed by atoms with van der Waals surface area (Å²) < 4.78 is 5.47. The van der Waals surface area contributed by atoms with Crippen LogP contribution in [0.5, 0.6) is 0 Å². The van der Waals surface area contributed by atoms with Gasteiger partial charge in [-0.05, 0) is 29.9 Å². The summed E-state index contributed by atoms with van der Waals surface area (Å²) in [7, 11) is 0. The summed E-state index contributed by atoms with van der Waals surface area (Å²) in [6.45, 7) is 4.00. The Hall–Kier alpha value is -1.69. The Balaban J connectivity index is 1.50. The number of carbonyl (C=O) groups is 1. The van der Waals surface area contributed by atoms with Gasteiger partial charge in [0.05, 0.1) is 19.3 Å². The van der Waals surface area contributed by atoms with Gasteiger partial charge in [-0.3, -0.25) is 9.69 Å². The van der Waals surface area contributed by atoms with E-state index in [0.717, 1.165) is 39.1 Å². The summed E-state index contributed by atoms with van der Waals surface area (Å²) >= 11 is 1.76. The van der Waals surface area contributed by atoms with Crippen LogP contribution in [0.15, 0.2) is 47.8 Å². The molecule has 5 heteroatoms. The van der Waals surface area contributed by atoms with Crippen molar-refractivity contribution in [3.63, 3.8) is 0 Å². The number of rotatable bonds is 8. The standard InChI is InChI=1S/C20H26N2O2S/c23-20(10-4-8-18-9-5-15-25-18)21-16-19(17-6-2-1-3-7-17)22-11-13-24-14-12-22/h1-3,5-7,9,15,19H,4,8,10-14,16H2,(H,21,23). The predicted molar refractivity (Wildman–Crippen MR) is 102 cm³/mol. The first-order valence-electron chi connectivity index (χ1n) is 8.99. The fourth-order valence-corrected chi connectivity index (χ4v) is 3.95. The molecule has 1 atom stereocenters. The third-order valence-electron chi connectivity index (χ3n) is 4.57. The van der Waals surface area contributed by atoms with Crippen LogP contribution < -0.4 is 5.32 Å². The third-order valence-corrected chi connectivity index (χ3v) is 5.51. The normalized spacial score (nSPS) is 16.5. The molecule has 2 aromatic rings. The van der Waals surface area contributed by atoms with Gasteiger partial charge in [-0.2, -0.15) is 0 Å². The summed E-state index contributed by atoms with van der Waals surface area (Å²) in [5.74, 6) is 0.144.